The maximum Gasteiger partial charge on any atom is 0.340 e. The lowest BCUT2D eigenvalue weighted by atomic mass is 9.76. The van der Waals surface area contributed by atoms with Crippen LogP contribution in [0.1, 0.15) is 64.1 Å². The Morgan fingerprint density at radius 2 is 1.72 bits per heavy atom. The topological polar surface area (TPSA) is 112 Å². The number of aryl methyl sites for hydroxylation is 4. The van der Waals surface area contributed by atoms with E-state index in [0.717, 1.165) is 0 Å². The molecule has 1 aromatic heterocycles. The summed E-state index contributed by atoms with van der Waals surface area (Å²) in [6.45, 7) is 10.6. The summed E-state index contributed by atoms with van der Waals surface area (Å²) in [4.78, 5) is 14.2. The van der Waals surface area contributed by atoms with Gasteiger partial charge in [-0.05, 0) is 73.9 Å². The summed E-state index contributed by atoms with van der Waals surface area (Å²) < 4.78 is 58.8. The number of rotatable bonds is 5. The van der Waals surface area contributed by atoms with Crippen LogP contribution in [-0.2, 0) is 32.4 Å². The van der Waals surface area contributed by atoms with E-state index in [-0.39, 0.29) is 27.0 Å². The van der Waals surface area contributed by atoms with Gasteiger partial charge in [0, 0.05) is 12.6 Å². The highest BCUT2D eigenvalue weighted by molar-refractivity contribution is 7.91. The molecule has 0 fully saturated rings. The summed E-state index contributed by atoms with van der Waals surface area (Å²) in [7, 11) is -6.22. The molecule has 2 aromatic carbocycles. The van der Waals surface area contributed by atoms with Gasteiger partial charge in [-0.25, -0.2) is 13.1 Å². The molecule has 1 aliphatic rings. The molecule has 1 aliphatic heterocycles. The smallest absolute Gasteiger partial charge is 0.340 e. The molecule has 8 nitrogen and oxygen atoms in total. The number of nitrogens with zero attached hydrogens (tertiary/aromatic N) is 2. The number of carbonyl (C=O) groups excluding carboxylic acids is 1. The van der Waals surface area contributed by atoms with Gasteiger partial charge in [0.2, 0.25) is 11.7 Å². The molecule has 3 aromatic rings. The van der Waals surface area contributed by atoms with E-state index in [1.54, 1.807) is 52.0 Å². The minimum absolute atomic E-state index is 0.00462. The van der Waals surface area contributed by atoms with Gasteiger partial charge in [-0.15, -0.1) is 0 Å². The first-order valence-electron chi connectivity index (χ1n) is 11.5. The highest BCUT2D eigenvalue weighted by Crippen LogP contribution is 2.43. The zero-order valence-electron chi connectivity index (χ0n) is 21.5. The summed E-state index contributed by atoms with van der Waals surface area (Å²) >= 11 is 0. The first-order valence-corrected chi connectivity index (χ1v) is 14.6. The molecule has 192 valence electrons. The van der Waals surface area contributed by atoms with Crippen LogP contribution in [0, 0.1) is 27.7 Å². The standard InChI is InChI=1S/C26H30N2O6S2/c1-15-10-8-9-11-20(15)36(32,33)34-25-21(18(4)27-28(25)7)23(29)19-14-16(2)24-22(17(19)3)26(5,6)12-13-35(24,30)31/h8-11,14H,12-13H2,1-7H3. The van der Waals surface area contributed by atoms with E-state index in [1.807, 2.05) is 13.8 Å². The van der Waals surface area contributed by atoms with Crippen molar-refractivity contribution in [1.82, 2.24) is 9.78 Å². The minimum Gasteiger partial charge on any atom is -0.358 e. The van der Waals surface area contributed by atoms with Gasteiger partial charge in [-0.1, -0.05) is 32.0 Å². The van der Waals surface area contributed by atoms with Gasteiger partial charge in [-0.3, -0.25) is 4.79 Å². The molecule has 0 aliphatic carbocycles. The molecular weight excluding hydrogens is 500 g/mol. The Morgan fingerprint density at radius 1 is 1.08 bits per heavy atom. The number of sulfone groups is 1. The number of hydrogen-bond donors (Lipinski definition) is 0. The van der Waals surface area contributed by atoms with E-state index in [9.17, 15) is 21.6 Å². The average molecular weight is 531 g/mol. The van der Waals surface area contributed by atoms with Crippen molar-refractivity contribution < 1.29 is 25.8 Å². The van der Waals surface area contributed by atoms with Gasteiger partial charge < -0.3 is 4.18 Å². The second kappa shape index (κ2) is 8.55. The van der Waals surface area contributed by atoms with Crippen LogP contribution >= 0.6 is 0 Å². The molecule has 2 heterocycles. The van der Waals surface area contributed by atoms with Crippen LogP contribution in [0.25, 0.3) is 0 Å². The van der Waals surface area contributed by atoms with Crippen LogP contribution in [0.15, 0.2) is 40.1 Å². The Morgan fingerprint density at radius 3 is 2.36 bits per heavy atom. The molecule has 0 N–H and O–H groups in total. The predicted molar refractivity (Wildman–Crippen MR) is 136 cm³/mol. The molecule has 0 bridgehead atoms. The molecule has 10 heteroatoms. The van der Waals surface area contributed by atoms with Crippen molar-refractivity contribution >= 4 is 25.7 Å². The van der Waals surface area contributed by atoms with Crippen molar-refractivity contribution in [3.05, 3.63) is 69.4 Å². The van der Waals surface area contributed by atoms with Crippen molar-refractivity contribution in [3.63, 3.8) is 0 Å². The molecule has 0 spiro atoms. The summed E-state index contributed by atoms with van der Waals surface area (Å²) in [5, 5.41) is 4.26. The highest BCUT2D eigenvalue weighted by Gasteiger charge is 2.40. The van der Waals surface area contributed by atoms with Gasteiger partial charge >= 0.3 is 10.1 Å². The molecule has 36 heavy (non-hydrogen) atoms. The maximum absolute atomic E-state index is 13.9. The minimum atomic E-state index is -4.25. The van der Waals surface area contributed by atoms with Crippen molar-refractivity contribution in [2.45, 2.75) is 63.2 Å². The second-order valence-corrected chi connectivity index (χ2v) is 13.6. The van der Waals surface area contributed by atoms with Gasteiger partial charge in [-0.2, -0.15) is 13.5 Å². The Balaban J connectivity index is 1.89. The Labute approximate surface area is 212 Å². The van der Waals surface area contributed by atoms with Crippen LogP contribution in [0.3, 0.4) is 0 Å². The largest absolute Gasteiger partial charge is 0.358 e. The second-order valence-electron chi connectivity index (χ2n) is 10.0. The van der Waals surface area contributed by atoms with Crippen molar-refractivity contribution in [1.29, 1.82) is 0 Å². The van der Waals surface area contributed by atoms with Gasteiger partial charge in [0.1, 0.15) is 10.5 Å². The Kier molecular flexibility index (Phi) is 6.20. The predicted octanol–water partition coefficient (Wildman–Crippen LogP) is 4.11. The fourth-order valence-electron chi connectivity index (χ4n) is 5.07. The summed E-state index contributed by atoms with van der Waals surface area (Å²) in [6.07, 6.45) is 0.440. The summed E-state index contributed by atoms with van der Waals surface area (Å²) in [5.41, 5.74) is 2.36. The maximum atomic E-state index is 13.9. The third kappa shape index (κ3) is 4.16. The molecule has 0 saturated heterocycles. The Hall–Kier alpha value is -2.98. The first kappa shape index (κ1) is 26.1. The zero-order chi connectivity index (χ0) is 26.8. The monoisotopic (exact) mass is 530 g/mol. The van der Waals surface area contributed by atoms with E-state index >= 15 is 0 Å². The van der Waals surface area contributed by atoms with Crippen molar-refractivity contribution in [2.24, 2.45) is 7.05 Å². The number of hydrogen-bond acceptors (Lipinski definition) is 7. The molecule has 0 atom stereocenters. The van der Waals surface area contributed by atoms with E-state index in [4.69, 9.17) is 4.18 Å². The third-order valence-corrected chi connectivity index (χ3v) is 10.2. The fourth-order valence-corrected chi connectivity index (χ4v) is 8.54. The van der Waals surface area contributed by atoms with Crippen LogP contribution < -0.4 is 4.18 Å². The molecule has 0 radical (unpaired) electrons. The first-order chi connectivity index (χ1) is 16.6. The summed E-state index contributed by atoms with van der Waals surface area (Å²) in [6, 6.07) is 7.99. The molecule has 0 unspecified atom stereocenters. The van der Waals surface area contributed by atoms with Crippen LogP contribution in [-0.4, -0.2) is 38.2 Å². The average Bonchev–Trinajstić information content (AvgIpc) is 3.04. The molecule has 4 rings (SSSR count). The van der Waals surface area contributed by atoms with E-state index < -0.39 is 31.2 Å². The lowest BCUT2D eigenvalue weighted by Crippen LogP contribution is -2.33. The third-order valence-electron chi connectivity index (χ3n) is 6.90. The fraction of sp³-hybridized carbons (Fsp3) is 0.385. The van der Waals surface area contributed by atoms with E-state index in [2.05, 4.69) is 5.10 Å². The summed E-state index contributed by atoms with van der Waals surface area (Å²) in [5.74, 6) is -0.614. The van der Waals surface area contributed by atoms with Crippen molar-refractivity contribution in [2.75, 3.05) is 5.75 Å². The molecular formula is C26H30N2O6S2. The number of carbonyl (C=O) groups is 1. The quantitative estimate of drug-likeness (QED) is 0.360. The van der Waals surface area contributed by atoms with Crippen molar-refractivity contribution in [3.8, 4) is 5.88 Å². The molecule has 0 amide bonds. The van der Waals surface area contributed by atoms with Gasteiger partial charge in [0.15, 0.2) is 9.84 Å². The van der Waals surface area contributed by atoms with Crippen LogP contribution in [0.2, 0.25) is 0 Å². The lowest BCUT2D eigenvalue weighted by Gasteiger charge is -2.35. The SMILES string of the molecule is Cc1ccccc1S(=O)(=O)Oc1c(C(=O)c2cc(C)c3c(c2C)C(C)(C)CCS3(=O)=O)c(C)nn1C. The number of aromatic nitrogens is 2. The normalized spacial score (nSPS) is 16.4. The van der Waals surface area contributed by atoms with Gasteiger partial charge in [0.05, 0.1) is 16.3 Å². The highest BCUT2D eigenvalue weighted by atomic mass is 32.2. The Bertz CT molecular complexity index is 1630. The zero-order valence-corrected chi connectivity index (χ0v) is 23.1. The van der Waals surface area contributed by atoms with Crippen LogP contribution in [0.5, 0.6) is 5.88 Å². The van der Waals surface area contributed by atoms with Gasteiger partial charge in [0.25, 0.3) is 0 Å². The number of fused-ring (bicyclic) bond motifs is 1. The van der Waals surface area contributed by atoms with Crippen LogP contribution in [0.4, 0.5) is 0 Å². The lowest BCUT2D eigenvalue weighted by molar-refractivity contribution is 0.103. The number of benzene rings is 2. The molecule has 0 saturated carbocycles. The van der Waals surface area contributed by atoms with E-state index in [0.29, 0.717) is 39.9 Å². The van der Waals surface area contributed by atoms with E-state index in [1.165, 1.54) is 17.8 Å². The number of ketones is 1.